The number of nitrogens with zero attached hydrogens (tertiary/aromatic N) is 4. The van der Waals surface area contributed by atoms with Gasteiger partial charge in [0.15, 0.2) is 11.5 Å². The van der Waals surface area contributed by atoms with Crippen molar-refractivity contribution in [2.75, 3.05) is 38.9 Å². The van der Waals surface area contributed by atoms with Crippen LogP contribution in [0.4, 0.5) is 9.59 Å². The Hall–Kier alpha value is -7.00. The molecule has 6 rings (SSSR count). The third-order valence-corrected chi connectivity index (χ3v) is 11.7. The molecule has 6 amide bonds. The number of furan rings is 2. The van der Waals surface area contributed by atoms with Crippen LogP contribution < -0.4 is 22.1 Å². The zero-order chi connectivity index (χ0) is 45.5. The van der Waals surface area contributed by atoms with Gasteiger partial charge in [0.2, 0.25) is 24.0 Å². The van der Waals surface area contributed by atoms with Gasteiger partial charge in [0.1, 0.15) is 61.7 Å². The maximum absolute atomic E-state index is 13.7. The van der Waals surface area contributed by atoms with E-state index in [9.17, 15) is 38.4 Å². The van der Waals surface area contributed by atoms with Crippen LogP contribution >= 0.6 is 23.5 Å². The summed E-state index contributed by atoms with van der Waals surface area (Å²) in [6.45, 7) is 1.57. The van der Waals surface area contributed by atoms with Gasteiger partial charge in [-0.15, -0.1) is 23.5 Å². The van der Waals surface area contributed by atoms with Gasteiger partial charge in [-0.1, -0.05) is 10.3 Å². The molecule has 2 fully saturated rings. The van der Waals surface area contributed by atoms with E-state index in [-0.39, 0.29) is 57.0 Å². The van der Waals surface area contributed by atoms with E-state index in [1.54, 1.807) is 0 Å². The minimum Gasteiger partial charge on any atom is -0.462 e. The van der Waals surface area contributed by atoms with Crippen LogP contribution in [0.1, 0.15) is 25.4 Å². The van der Waals surface area contributed by atoms with E-state index in [0.29, 0.717) is 0 Å². The average molecular weight is 919 g/mol. The van der Waals surface area contributed by atoms with Gasteiger partial charge in [0.25, 0.3) is 23.6 Å². The number of carbonyl (C=O) groups excluding carboxylic acids is 8. The summed E-state index contributed by atoms with van der Waals surface area (Å²) in [7, 11) is 2.43. The third kappa shape index (κ3) is 9.89. The Kier molecular flexibility index (Phi) is 14.3. The molecule has 25 nitrogen and oxygen atoms in total. The Morgan fingerprint density at radius 3 is 1.46 bits per heavy atom. The molecule has 0 saturated carbocycles. The maximum atomic E-state index is 13.7. The number of esters is 2. The second-order valence-electron chi connectivity index (χ2n) is 13.1. The van der Waals surface area contributed by atoms with E-state index in [1.165, 1.54) is 64.9 Å². The number of nitrogens with two attached hydrogens (primary N) is 2. The highest BCUT2D eigenvalue weighted by atomic mass is 32.2. The molecule has 27 heteroatoms. The van der Waals surface area contributed by atoms with Crippen LogP contribution in [0.3, 0.4) is 0 Å². The summed E-state index contributed by atoms with van der Waals surface area (Å²) in [6, 6.07) is 3.67. The van der Waals surface area contributed by atoms with E-state index in [4.69, 9.17) is 53.7 Å². The number of oxime groups is 2. The summed E-state index contributed by atoms with van der Waals surface area (Å²) in [6.07, 6.45) is -2.64. The van der Waals surface area contributed by atoms with Crippen molar-refractivity contribution in [3.8, 4) is 0 Å². The summed E-state index contributed by atoms with van der Waals surface area (Å²) in [5.41, 5.74) is 9.45. The summed E-state index contributed by atoms with van der Waals surface area (Å²) >= 11 is 2.28. The largest absolute Gasteiger partial charge is 0.462 e. The Morgan fingerprint density at radius 1 is 0.730 bits per heavy atom. The first-order valence-electron chi connectivity index (χ1n) is 18.3. The lowest BCUT2D eigenvalue weighted by molar-refractivity contribution is -0.225. The molecule has 0 aromatic carbocycles. The molecule has 63 heavy (non-hydrogen) atoms. The number of ether oxygens (including phenoxy) is 5. The molecule has 6 N–H and O–H groups in total. The molecule has 4 aliphatic rings. The van der Waals surface area contributed by atoms with Crippen molar-refractivity contribution in [3.63, 3.8) is 0 Å². The average Bonchev–Trinajstić information content (AvgIpc) is 3.99. The Morgan fingerprint density at radius 2 is 1.13 bits per heavy atom. The number of rotatable bonds is 18. The van der Waals surface area contributed by atoms with Crippen molar-refractivity contribution in [2.45, 2.75) is 49.3 Å². The van der Waals surface area contributed by atoms with Crippen molar-refractivity contribution in [1.29, 1.82) is 0 Å². The number of thioether (sulfide) groups is 2. The lowest BCUT2D eigenvalue weighted by Gasteiger charge is -2.49. The van der Waals surface area contributed by atoms with Gasteiger partial charge < -0.3 is 64.3 Å². The highest BCUT2D eigenvalue weighted by Gasteiger charge is 2.56. The fourth-order valence-corrected chi connectivity index (χ4v) is 9.10. The lowest BCUT2D eigenvalue weighted by atomic mass is 10.0. The second kappa shape index (κ2) is 19.8. The molecular weight excluding hydrogens is 881 g/mol. The minimum atomic E-state index is -1.48. The molecule has 2 saturated heterocycles. The zero-order valence-corrected chi connectivity index (χ0v) is 35.1. The second-order valence-corrected chi connectivity index (χ2v) is 15.3. The molecule has 0 aliphatic carbocycles. The van der Waals surface area contributed by atoms with Gasteiger partial charge in [-0.05, 0) is 38.1 Å². The van der Waals surface area contributed by atoms with Crippen molar-refractivity contribution in [2.24, 2.45) is 21.8 Å². The molecule has 4 aliphatic heterocycles. The summed E-state index contributed by atoms with van der Waals surface area (Å²) in [5.74, 6) is -5.12. The topological polar surface area (TPSA) is 335 Å². The van der Waals surface area contributed by atoms with Crippen LogP contribution in [-0.2, 0) is 62.1 Å². The van der Waals surface area contributed by atoms with Gasteiger partial charge in [-0.2, -0.15) is 0 Å². The Labute approximate surface area is 363 Å². The number of hydrogen-bond donors (Lipinski definition) is 4. The van der Waals surface area contributed by atoms with Crippen LogP contribution in [0.15, 0.2) is 78.5 Å². The maximum Gasteiger partial charge on any atom is 0.404 e. The molecule has 6 atom stereocenters. The molecule has 2 aromatic heterocycles. The van der Waals surface area contributed by atoms with Gasteiger partial charge >= 0.3 is 24.1 Å². The first-order valence-corrected chi connectivity index (χ1v) is 20.4. The van der Waals surface area contributed by atoms with E-state index in [2.05, 4.69) is 20.9 Å². The number of carbonyl (C=O) groups is 8. The number of nitrogens with one attached hydrogen (secondary N) is 2. The third-order valence-electron chi connectivity index (χ3n) is 9.07. The highest BCUT2D eigenvalue weighted by molar-refractivity contribution is 8.00. The predicted octanol–water partition coefficient (Wildman–Crippen LogP) is -0.433. The monoisotopic (exact) mass is 918 g/mol. The predicted molar refractivity (Wildman–Crippen MR) is 212 cm³/mol. The zero-order valence-electron chi connectivity index (χ0n) is 33.5. The normalized spacial score (nSPS) is 21.7. The van der Waals surface area contributed by atoms with Crippen LogP contribution in [0.2, 0.25) is 0 Å². The molecule has 2 unspecified atom stereocenters. The van der Waals surface area contributed by atoms with Gasteiger partial charge in [-0.3, -0.25) is 29.0 Å². The van der Waals surface area contributed by atoms with Crippen molar-refractivity contribution >= 4 is 82.7 Å². The molecule has 0 bridgehead atoms. The summed E-state index contributed by atoms with van der Waals surface area (Å²) in [4.78, 5) is 115. The standard InChI is InChI=1S/C36H38N8O17S2/c1-15(60-33(49)25-17(11-57-35(37)51)13-62-31-23(29(47)43(25)31)39-27(45)21(41-53-3)19-7-5-9-55-19)59-16(2)61-34(50)26-18(12-58-36(38)52)14-63-32-24(30(48)44(26)32)40-28(46)22(42-54-4)20-8-6-10-56-20/h5-10,15-16,23-24,31-32H,11-14H2,1-4H3,(H2,37,51)(H2,38,52)(H,39,45)(H,40,46)/b41-21-,42-22-/t15?,16?,23-,24-,31-,32-/m1/s1. The first kappa shape index (κ1) is 45.5. The molecule has 2 aromatic rings. The first-order chi connectivity index (χ1) is 30.1. The van der Waals surface area contributed by atoms with Crippen molar-refractivity contribution in [1.82, 2.24) is 20.4 Å². The fourth-order valence-electron chi connectivity index (χ4n) is 6.45. The summed E-state index contributed by atoms with van der Waals surface area (Å²) < 4.78 is 36.9. The number of primary amides is 2. The number of fused-ring (bicyclic) bond motifs is 2. The van der Waals surface area contributed by atoms with Gasteiger partial charge in [-0.25, -0.2) is 19.2 Å². The number of amides is 6. The van der Waals surface area contributed by atoms with E-state index >= 15 is 0 Å². The number of β-lactam (4-membered cyclic amide) rings is 2. The molecule has 336 valence electrons. The smallest absolute Gasteiger partial charge is 0.404 e. The van der Waals surface area contributed by atoms with Crippen molar-refractivity contribution in [3.05, 3.63) is 70.9 Å². The minimum absolute atomic E-state index is 0.0286. The molecule has 0 radical (unpaired) electrons. The van der Waals surface area contributed by atoms with Crippen molar-refractivity contribution < 1.29 is 80.6 Å². The number of hydrogen-bond acceptors (Lipinski definition) is 21. The van der Waals surface area contributed by atoms with Crippen LogP contribution in [-0.4, -0.2) is 143 Å². The lowest BCUT2D eigenvalue weighted by Crippen LogP contribution is -2.71. The van der Waals surface area contributed by atoms with E-state index in [1.807, 2.05) is 0 Å². The Bertz CT molecular complexity index is 2120. The van der Waals surface area contributed by atoms with Crippen LogP contribution in [0.5, 0.6) is 0 Å². The van der Waals surface area contributed by atoms with E-state index in [0.717, 1.165) is 33.3 Å². The summed E-state index contributed by atoms with van der Waals surface area (Å²) in [5, 5.41) is 10.8. The fraction of sp³-hybridized carbons (Fsp3) is 0.389. The molecule has 0 spiro atoms. The SMILES string of the molecule is CO/N=C(\C(=O)N[C@@H]1C(=O)N2C(C(=O)OC(C)OC(C)OC(=O)C3=C(COC(N)=O)CS[C@@H]4[C@H](NC(=O)/C(=N\OC)c5ccco5)C(=O)N34)=C(COC(N)=O)CS[C@H]12)c1ccco1. The van der Waals surface area contributed by atoms with E-state index < -0.39 is 96.4 Å². The van der Waals surface area contributed by atoms with Crippen LogP contribution in [0.25, 0.3) is 0 Å². The molecule has 6 heterocycles. The van der Waals surface area contributed by atoms with Gasteiger partial charge in [0, 0.05) is 22.7 Å². The quantitative estimate of drug-likeness (QED) is 0.0368. The van der Waals surface area contributed by atoms with Crippen LogP contribution in [0, 0.1) is 0 Å². The highest BCUT2D eigenvalue weighted by Crippen LogP contribution is 2.42. The molecular formula is C36H38N8O17S2. The van der Waals surface area contributed by atoms with Gasteiger partial charge in [0.05, 0.1) is 12.5 Å². The Balaban J connectivity index is 1.12.